The molecule has 0 aliphatic heterocycles. The molecule has 0 radical (unpaired) electrons. The van der Waals surface area contributed by atoms with Crippen LogP contribution >= 0.6 is 10.7 Å². The summed E-state index contributed by atoms with van der Waals surface area (Å²) in [6.45, 7) is 4.43. The Labute approximate surface area is 99.2 Å². The highest BCUT2D eigenvalue weighted by Crippen LogP contribution is 2.41. The van der Waals surface area contributed by atoms with Crippen molar-refractivity contribution in [3.63, 3.8) is 0 Å². The minimum absolute atomic E-state index is 0.140. The van der Waals surface area contributed by atoms with Crippen molar-refractivity contribution in [3.8, 4) is 0 Å². The van der Waals surface area contributed by atoms with Gasteiger partial charge in [-0.2, -0.15) is 0 Å². The lowest BCUT2D eigenvalue weighted by Gasteiger charge is -2.11. The fourth-order valence-corrected chi connectivity index (χ4v) is 2.89. The van der Waals surface area contributed by atoms with E-state index in [1.165, 1.54) is 12.8 Å². The lowest BCUT2D eigenvalue weighted by Crippen LogP contribution is -2.11. The van der Waals surface area contributed by atoms with E-state index >= 15 is 0 Å². The standard InChI is InChI=1S/C9H14ClN3O2S/c1-3-13-8(6(2)7-4-5-7)11-12-9(13)16(10,14)15/h6-7H,3-5H2,1-2H3. The van der Waals surface area contributed by atoms with Crippen LogP contribution in [0.5, 0.6) is 0 Å². The minimum atomic E-state index is -3.80. The summed E-state index contributed by atoms with van der Waals surface area (Å²) in [6.07, 6.45) is 2.36. The molecule has 0 aromatic carbocycles. The number of hydrogen-bond acceptors (Lipinski definition) is 4. The molecule has 0 spiro atoms. The second-order valence-corrected chi connectivity index (χ2v) is 6.61. The van der Waals surface area contributed by atoms with E-state index in [1.54, 1.807) is 4.57 Å². The maximum atomic E-state index is 11.3. The number of hydrogen-bond donors (Lipinski definition) is 0. The summed E-state index contributed by atoms with van der Waals surface area (Å²) >= 11 is 0. The summed E-state index contributed by atoms with van der Waals surface area (Å²) in [4.78, 5) is 0. The van der Waals surface area contributed by atoms with E-state index in [4.69, 9.17) is 10.7 Å². The molecule has 1 aliphatic carbocycles. The van der Waals surface area contributed by atoms with Crippen LogP contribution in [0.25, 0.3) is 0 Å². The molecule has 0 N–H and O–H groups in total. The van der Waals surface area contributed by atoms with Gasteiger partial charge in [-0.25, -0.2) is 8.42 Å². The van der Waals surface area contributed by atoms with Gasteiger partial charge in [0, 0.05) is 23.1 Å². The number of rotatable bonds is 4. The van der Waals surface area contributed by atoms with Crippen LogP contribution in [0.2, 0.25) is 0 Å². The van der Waals surface area contributed by atoms with Crippen molar-refractivity contribution in [1.82, 2.24) is 14.8 Å². The lowest BCUT2D eigenvalue weighted by atomic mass is 10.1. The Morgan fingerprint density at radius 1 is 1.50 bits per heavy atom. The van der Waals surface area contributed by atoms with Gasteiger partial charge in [-0.3, -0.25) is 0 Å². The smallest absolute Gasteiger partial charge is 0.296 e. The van der Waals surface area contributed by atoms with Gasteiger partial charge in [-0.15, -0.1) is 10.2 Å². The molecule has 1 unspecified atom stereocenters. The van der Waals surface area contributed by atoms with Gasteiger partial charge in [0.1, 0.15) is 5.82 Å². The summed E-state index contributed by atoms with van der Waals surface area (Å²) in [6, 6.07) is 0. The monoisotopic (exact) mass is 263 g/mol. The first kappa shape index (κ1) is 11.9. The van der Waals surface area contributed by atoms with Crippen LogP contribution in [0.4, 0.5) is 0 Å². The van der Waals surface area contributed by atoms with Crippen molar-refractivity contribution in [2.24, 2.45) is 5.92 Å². The van der Waals surface area contributed by atoms with Crippen molar-refractivity contribution >= 4 is 19.7 Å². The van der Waals surface area contributed by atoms with Gasteiger partial charge >= 0.3 is 0 Å². The van der Waals surface area contributed by atoms with E-state index in [-0.39, 0.29) is 11.1 Å². The molecule has 0 saturated heterocycles. The second kappa shape index (κ2) is 4.00. The molecule has 16 heavy (non-hydrogen) atoms. The zero-order chi connectivity index (χ0) is 11.9. The molecule has 0 bridgehead atoms. The Morgan fingerprint density at radius 2 is 2.12 bits per heavy atom. The predicted octanol–water partition coefficient (Wildman–Crippen LogP) is 1.74. The molecular weight excluding hydrogens is 250 g/mol. The van der Waals surface area contributed by atoms with E-state index in [0.29, 0.717) is 12.5 Å². The summed E-state index contributed by atoms with van der Waals surface area (Å²) in [5.74, 6) is 1.59. The Balaban J connectivity index is 2.43. The Hall–Kier alpha value is -0.620. The molecule has 1 heterocycles. The second-order valence-electron chi connectivity index (χ2n) is 4.15. The third-order valence-corrected chi connectivity index (χ3v) is 4.17. The quantitative estimate of drug-likeness (QED) is 0.776. The van der Waals surface area contributed by atoms with Gasteiger partial charge < -0.3 is 4.57 Å². The number of aromatic nitrogens is 3. The molecule has 7 heteroatoms. The average Bonchev–Trinajstić information content (AvgIpc) is 2.93. The molecule has 5 nitrogen and oxygen atoms in total. The highest BCUT2D eigenvalue weighted by Gasteiger charge is 2.34. The van der Waals surface area contributed by atoms with Gasteiger partial charge in [0.05, 0.1) is 0 Å². The van der Waals surface area contributed by atoms with Crippen LogP contribution in [0.1, 0.15) is 38.4 Å². The van der Waals surface area contributed by atoms with E-state index in [0.717, 1.165) is 5.82 Å². The lowest BCUT2D eigenvalue weighted by molar-refractivity contribution is 0.539. The van der Waals surface area contributed by atoms with Gasteiger partial charge in [-0.05, 0) is 25.7 Å². The van der Waals surface area contributed by atoms with Crippen LogP contribution in [0, 0.1) is 5.92 Å². The maximum Gasteiger partial charge on any atom is 0.296 e. The fourth-order valence-electron chi connectivity index (χ4n) is 1.92. The van der Waals surface area contributed by atoms with Gasteiger partial charge in [0.25, 0.3) is 14.2 Å². The van der Waals surface area contributed by atoms with Crippen molar-refractivity contribution in [3.05, 3.63) is 5.82 Å². The third kappa shape index (κ3) is 2.08. The summed E-state index contributed by atoms with van der Waals surface area (Å²) < 4.78 is 24.1. The van der Waals surface area contributed by atoms with Gasteiger partial charge in [0.15, 0.2) is 0 Å². The predicted molar refractivity (Wildman–Crippen MR) is 59.9 cm³/mol. The first-order valence-electron chi connectivity index (χ1n) is 5.33. The van der Waals surface area contributed by atoms with Crippen molar-refractivity contribution in [2.75, 3.05) is 0 Å². The highest BCUT2D eigenvalue weighted by molar-refractivity contribution is 8.13. The van der Waals surface area contributed by atoms with Crippen molar-refractivity contribution in [2.45, 2.75) is 44.3 Å². The Kier molecular flexibility index (Phi) is 2.96. The van der Waals surface area contributed by atoms with Crippen LogP contribution < -0.4 is 0 Å². The molecule has 1 aliphatic rings. The molecule has 0 amide bonds. The topological polar surface area (TPSA) is 64.8 Å². The van der Waals surface area contributed by atoms with Crippen LogP contribution in [-0.2, 0) is 15.6 Å². The van der Waals surface area contributed by atoms with E-state index in [1.807, 2.05) is 6.92 Å². The van der Waals surface area contributed by atoms with E-state index in [9.17, 15) is 8.42 Å². The summed E-state index contributed by atoms with van der Waals surface area (Å²) in [5, 5.41) is 7.51. The molecule has 1 aromatic rings. The Bertz CT molecular complexity index is 493. The van der Waals surface area contributed by atoms with E-state index in [2.05, 4.69) is 17.1 Å². The third-order valence-electron chi connectivity index (χ3n) is 3.02. The average molecular weight is 264 g/mol. The van der Waals surface area contributed by atoms with Gasteiger partial charge in [-0.1, -0.05) is 6.92 Å². The zero-order valence-electron chi connectivity index (χ0n) is 9.22. The number of halogens is 1. The van der Waals surface area contributed by atoms with Crippen molar-refractivity contribution < 1.29 is 8.42 Å². The van der Waals surface area contributed by atoms with Gasteiger partial charge in [0.2, 0.25) is 0 Å². The van der Waals surface area contributed by atoms with Crippen LogP contribution in [0.15, 0.2) is 5.16 Å². The summed E-state index contributed by atoms with van der Waals surface area (Å²) in [5.41, 5.74) is 0. The zero-order valence-corrected chi connectivity index (χ0v) is 10.8. The van der Waals surface area contributed by atoms with Crippen LogP contribution in [0.3, 0.4) is 0 Å². The summed E-state index contributed by atoms with van der Waals surface area (Å²) in [7, 11) is 1.50. The highest BCUT2D eigenvalue weighted by atomic mass is 35.7. The first-order chi connectivity index (χ1) is 7.45. The normalized spacial score (nSPS) is 18.7. The van der Waals surface area contributed by atoms with Crippen LogP contribution in [-0.4, -0.2) is 23.2 Å². The molecule has 1 aromatic heterocycles. The van der Waals surface area contributed by atoms with E-state index < -0.39 is 9.05 Å². The Morgan fingerprint density at radius 3 is 2.56 bits per heavy atom. The SMILES string of the molecule is CCn1c(C(C)C2CC2)nnc1S(=O)(=O)Cl. The molecule has 1 fully saturated rings. The molecule has 90 valence electrons. The molecular formula is C9H14ClN3O2S. The molecule has 1 saturated carbocycles. The van der Waals surface area contributed by atoms with Crippen molar-refractivity contribution in [1.29, 1.82) is 0 Å². The maximum absolute atomic E-state index is 11.3. The first-order valence-corrected chi connectivity index (χ1v) is 7.63. The largest absolute Gasteiger partial charge is 0.301 e. The number of nitrogens with zero attached hydrogens (tertiary/aromatic N) is 3. The molecule has 1 atom stereocenters. The fraction of sp³-hybridized carbons (Fsp3) is 0.778. The molecule has 2 rings (SSSR count). The minimum Gasteiger partial charge on any atom is -0.301 e.